The molecule has 0 saturated carbocycles. The summed E-state index contributed by atoms with van der Waals surface area (Å²) < 4.78 is 0.772. The third-order valence-corrected chi connectivity index (χ3v) is 3.72. The van der Waals surface area contributed by atoms with Crippen LogP contribution in [0.1, 0.15) is 21.6 Å². The van der Waals surface area contributed by atoms with Gasteiger partial charge < -0.3 is 11.1 Å². The summed E-state index contributed by atoms with van der Waals surface area (Å²) in [5.74, 6) is 0.106. The largest absolute Gasteiger partial charge is 0.394 e. The minimum absolute atomic E-state index is 0.247. The van der Waals surface area contributed by atoms with Crippen LogP contribution < -0.4 is 11.1 Å². The van der Waals surface area contributed by atoms with E-state index in [0.29, 0.717) is 17.1 Å². The van der Waals surface area contributed by atoms with E-state index in [9.17, 15) is 4.79 Å². The fraction of sp³-hybridized carbons (Fsp3) is 0.167. The average Bonchev–Trinajstić information content (AvgIpc) is 2.64. The summed E-state index contributed by atoms with van der Waals surface area (Å²) in [5, 5.41) is 9.33. The van der Waals surface area contributed by atoms with Crippen LogP contribution in [0.3, 0.4) is 0 Å². The summed E-state index contributed by atoms with van der Waals surface area (Å²) in [5.41, 5.74) is 8.50. The zero-order valence-electron chi connectivity index (χ0n) is 10.0. The van der Waals surface area contributed by atoms with Crippen LogP contribution in [0.5, 0.6) is 0 Å². The number of anilines is 2. The van der Waals surface area contributed by atoms with Crippen LogP contribution in [0.15, 0.2) is 22.7 Å². The van der Waals surface area contributed by atoms with E-state index in [-0.39, 0.29) is 5.91 Å². The van der Waals surface area contributed by atoms with E-state index in [4.69, 9.17) is 5.73 Å². The lowest BCUT2D eigenvalue weighted by Crippen LogP contribution is -2.14. The molecule has 4 N–H and O–H groups in total. The van der Waals surface area contributed by atoms with Crippen LogP contribution in [0.2, 0.25) is 0 Å². The van der Waals surface area contributed by atoms with Crippen molar-refractivity contribution in [3.05, 3.63) is 39.5 Å². The van der Waals surface area contributed by atoms with Crippen LogP contribution in [0, 0.1) is 13.8 Å². The Bertz CT molecular complexity index is 606. The molecule has 2 rings (SSSR count). The van der Waals surface area contributed by atoms with E-state index in [0.717, 1.165) is 15.7 Å². The van der Waals surface area contributed by atoms with Gasteiger partial charge in [-0.25, -0.2) is 0 Å². The van der Waals surface area contributed by atoms with Crippen LogP contribution in [-0.4, -0.2) is 16.1 Å². The molecule has 0 saturated heterocycles. The number of H-pyrrole nitrogens is 1. The Balaban J connectivity index is 2.28. The molecule has 2 aromatic rings. The minimum Gasteiger partial charge on any atom is -0.394 e. The number of rotatable bonds is 2. The molecule has 0 aliphatic rings. The predicted octanol–water partition coefficient (Wildman–Crippen LogP) is 2.62. The molecule has 1 aromatic carbocycles. The molecule has 1 amide bonds. The third-order valence-electron chi connectivity index (χ3n) is 2.66. The third kappa shape index (κ3) is 2.24. The van der Waals surface area contributed by atoms with Gasteiger partial charge in [0, 0.05) is 4.47 Å². The van der Waals surface area contributed by atoms with Crippen molar-refractivity contribution >= 4 is 33.3 Å². The molecule has 0 bridgehead atoms. The maximum absolute atomic E-state index is 12.1. The Morgan fingerprint density at radius 3 is 2.78 bits per heavy atom. The van der Waals surface area contributed by atoms with Gasteiger partial charge in [-0.2, -0.15) is 5.10 Å². The van der Waals surface area contributed by atoms with Gasteiger partial charge in [0.05, 0.1) is 16.9 Å². The second kappa shape index (κ2) is 4.81. The number of carbonyl (C=O) groups is 1. The summed E-state index contributed by atoms with van der Waals surface area (Å²) in [6, 6.07) is 5.49. The average molecular weight is 309 g/mol. The van der Waals surface area contributed by atoms with Crippen LogP contribution in [-0.2, 0) is 0 Å². The molecular weight excluding hydrogens is 296 g/mol. The summed E-state index contributed by atoms with van der Waals surface area (Å²) >= 11 is 3.40. The first-order chi connectivity index (χ1) is 8.50. The summed E-state index contributed by atoms with van der Waals surface area (Å²) in [6.45, 7) is 3.72. The first kappa shape index (κ1) is 12.6. The minimum atomic E-state index is -0.247. The van der Waals surface area contributed by atoms with Crippen molar-refractivity contribution in [2.45, 2.75) is 13.8 Å². The van der Waals surface area contributed by atoms with Gasteiger partial charge in [0.1, 0.15) is 0 Å². The van der Waals surface area contributed by atoms with Gasteiger partial charge in [0.2, 0.25) is 0 Å². The van der Waals surface area contributed by atoms with Gasteiger partial charge in [-0.3, -0.25) is 9.89 Å². The van der Waals surface area contributed by atoms with Crippen molar-refractivity contribution < 1.29 is 4.79 Å². The molecule has 0 unspecified atom stereocenters. The number of aryl methyl sites for hydroxylation is 2. The highest BCUT2D eigenvalue weighted by molar-refractivity contribution is 9.10. The number of halogens is 1. The lowest BCUT2D eigenvalue weighted by molar-refractivity contribution is 0.102. The Hall–Kier alpha value is -1.82. The van der Waals surface area contributed by atoms with Gasteiger partial charge in [-0.15, -0.1) is 0 Å². The van der Waals surface area contributed by atoms with Crippen molar-refractivity contribution in [3.8, 4) is 0 Å². The number of nitrogens with zero attached hydrogens (tertiary/aromatic N) is 1. The van der Waals surface area contributed by atoms with Crippen LogP contribution in [0.4, 0.5) is 11.5 Å². The standard InChI is InChI=1S/C12H13BrN4O/c1-6-4-3-5-8(9(6)13)12(18)15-11-10(14)7(2)16-17-11/h3-5H,14H2,1-2H3,(H2,15,16,17,18). The molecule has 1 heterocycles. The lowest BCUT2D eigenvalue weighted by Gasteiger charge is -2.07. The van der Waals surface area contributed by atoms with Gasteiger partial charge in [-0.05, 0) is 41.4 Å². The molecule has 0 spiro atoms. The first-order valence-corrected chi connectivity index (χ1v) is 6.17. The summed E-state index contributed by atoms with van der Waals surface area (Å²) in [4.78, 5) is 12.1. The highest BCUT2D eigenvalue weighted by atomic mass is 79.9. The molecule has 0 aliphatic heterocycles. The number of amides is 1. The maximum Gasteiger partial charge on any atom is 0.258 e. The number of aromatic nitrogens is 2. The lowest BCUT2D eigenvalue weighted by atomic mass is 10.1. The topological polar surface area (TPSA) is 83.8 Å². The van der Waals surface area contributed by atoms with E-state index in [2.05, 4.69) is 31.4 Å². The molecule has 0 atom stereocenters. The number of nitrogens with one attached hydrogen (secondary N) is 2. The monoisotopic (exact) mass is 308 g/mol. The van der Waals surface area contributed by atoms with E-state index < -0.39 is 0 Å². The second-order valence-electron chi connectivity index (χ2n) is 4.00. The zero-order valence-corrected chi connectivity index (χ0v) is 11.6. The number of aromatic amines is 1. The first-order valence-electron chi connectivity index (χ1n) is 5.37. The maximum atomic E-state index is 12.1. The molecule has 94 valence electrons. The number of nitrogens with two attached hydrogens (primary N) is 1. The molecule has 18 heavy (non-hydrogen) atoms. The highest BCUT2D eigenvalue weighted by Gasteiger charge is 2.14. The van der Waals surface area contributed by atoms with Gasteiger partial charge in [-0.1, -0.05) is 12.1 Å². The Labute approximate surface area is 113 Å². The Morgan fingerprint density at radius 1 is 1.44 bits per heavy atom. The quantitative estimate of drug-likeness (QED) is 0.797. The molecule has 0 aliphatic carbocycles. The smallest absolute Gasteiger partial charge is 0.258 e. The SMILES string of the molecule is Cc1cccc(C(=O)Nc2n[nH]c(C)c2N)c1Br. The van der Waals surface area contributed by atoms with Gasteiger partial charge in [0.15, 0.2) is 5.82 Å². The van der Waals surface area contributed by atoms with E-state index in [1.165, 1.54) is 0 Å². The van der Waals surface area contributed by atoms with Crippen LogP contribution >= 0.6 is 15.9 Å². The van der Waals surface area contributed by atoms with E-state index in [1.54, 1.807) is 13.0 Å². The fourth-order valence-corrected chi connectivity index (χ4v) is 1.98. The number of hydrogen-bond donors (Lipinski definition) is 3. The van der Waals surface area contributed by atoms with E-state index in [1.807, 2.05) is 19.1 Å². The highest BCUT2D eigenvalue weighted by Crippen LogP contribution is 2.23. The summed E-state index contributed by atoms with van der Waals surface area (Å²) in [6.07, 6.45) is 0. The van der Waals surface area contributed by atoms with Gasteiger partial charge in [0.25, 0.3) is 5.91 Å². The number of hydrogen-bond acceptors (Lipinski definition) is 3. The molecule has 0 radical (unpaired) electrons. The van der Waals surface area contributed by atoms with Gasteiger partial charge >= 0.3 is 0 Å². The Morgan fingerprint density at radius 2 is 2.17 bits per heavy atom. The van der Waals surface area contributed by atoms with Crippen molar-refractivity contribution in [1.29, 1.82) is 0 Å². The molecular formula is C12H13BrN4O. The number of benzene rings is 1. The predicted molar refractivity (Wildman–Crippen MR) is 74.6 cm³/mol. The summed E-state index contributed by atoms with van der Waals surface area (Å²) in [7, 11) is 0. The van der Waals surface area contributed by atoms with Crippen LogP contribution in [0.25, 0.3) is 0 Å². The molecule has 0 fully saturated rings. The number of carbonyl (C=O) groups excluding carboxylic acids is 1. The zero-order chi connectivity index (χ0) is 13.3. The van der Waals surface area contributed by atoms with E-state index >= 15 is 0 Å². The fourth-order valence-electron chi connectivity index (χ4n) is 1.53. The van der Waals surface area contributed by atoms with Crippen molar-refractivity contribution in [2.24, 2.45) is 0 Å². The molecule has 5 nitrogen and oxygen atoms in total. The van der Waals surface area contributed by atoms with Crippen molar-refractivity contribution in [1.82, 2.24) is 10.2 Å². The Kier molecular flexibility index (Phi) is 3.38. The number of nitrogen functional groups attached to an aromatic ring is 1. The van der Waals surface area contributed by atoms with Crippen molar-refractivity contribution in [3.63, 3.8) is 0 Å². The normalized spacial score (nSPS) is 10.4. The molecule has 6 heteroatoms. The second-order valence-corrected chi connectivity index (χ2v) is 4.79. The van der Waals surface area contributed by atoms with Crippen molar-refractivity contribution in [2.75, 3.05) is 11.1 Å². The molecule has 1 aromatic heterocycles.